The first-order valence-electron chi connectivity index (χ1n) is 14.5. The fourth-order valence-corrected chi connectivity index (χ4v) is 7.25. The van der Waals surface area contributed by atoms with Crippen LogP contribution in [0.25, 0.3) is 0 Å². The monoisotopic (exact) mass is 605 g/mol. The number of rotatable bonds is 10. The van der Waals surface area contributed by atoms with E-state index in [-0.39, 0.29) is 22.4 Å². The number of aliphatic hydroxyl groups is 1. The van der Waals surface area contributed by atoms with Crippen molar-refractivity contribution >= 4 is 41.1 Å². The van der Waals surface area contributed by atoms with Crippen LogP contribution in [0, 0.1) is 17.2 Å². The second-order valence-corrected chi connectivity index (χ2v) is 13.7. The average Bonchev–Trinajstić information content (AvgIpc) is 3.47. The number of hydrogen-bond acceptors (Lipinski definition) is 5. The van der Waals surface area contributed by atoms with Crippen molar-refractivity contribution in [1.82, 2.24) is 10.6 Å². The normalized spacial score (nSPS) is 28.0. The van der Waals surface area contributed by atoms with E-state index in [9.17, 15) is 14.7 Å². The largest absolute Gasteiger partial charge is 0.393 e. The van der Waals surface area contributed by atoms with E-state index < -0.39 is 29.2 Å². The van der Waals surface area contributed by atoms with E-state index in [4.69, 9.17) is 23.2 Å². The highest BCUT2D eigenvalue weighted by atomic mass is 35.5. The van der Waals surface area contributed by atoms with Crippen LogP contribution in [0.4, 0.5) is 10.1 Å². The number of carbonyl (C=O) groups excluding carboxylic acids is 2. The van der Waals surface area contributed by atoms with Crippen molar-refractivity contribution in [3.05, 3.63) is 63.4 Å². The van der Waals surface area contributed by atoms with Crippen molar-refractivity contribution in [3.8, 4) is 0 Å². The summed E-state index contributed by atoms with van der Waals surface area (Å²) in [6.07, 6.45) is 5.62. The summed E-state index contributed by atoms with van der Waals surface area (Å²) < 4.78 is 15.1. The molecule has 2 aromatic carbocycles. The average molecular weight is 607 g/mol. The minimum Gasteiger partial charge on any atom is -0.393 e. The molecule has 1 saturated carbocycles. The van der Waals surface area contributed by atoms with Crippen LogP contribution in [0.15, 0.2) is 36.4 Å². The molecule has 1 heterocycles. The Balaban J connectivity index is 1.77. The van der Waals surface area contributed by atoms with Gasteiger partial charge in [-0.2, -0.15) is 0 Å². The summed E-state index contributed by atoms with van der Waals surface area (Å²) in [4.78, 5) is 27.5. The SMILES string of the molecule is CNc1cc(Cl)c(F)cc1[C@]1(C=O)[C@@H](CC(C)(C)C)N[C@@H](C(=O)NCCC[C@H]2CC[C@H](O)C2)[C@@H]1c1cccc(Cl)c1. The third-order valence-corrected chi connectivity index (χ3v) is 9.23. The van der Waals surface area contributed by atoms with Crippen molar-refractivity contribution in [3.63, 3.8) is 0 Å². The van der Waals surface area contributed by atoms with Crippen LogP contribution < -0.4 is 16.0 Å². The number of nitrogens with one attached hydrogen (secondary N) is 3. The number of amides is 1. The van der Waals surface area contributed by atoms with Gasteiger partial charge in [0.15, 0.2) is 0 Å². The number of anilines is 1. The first kappa shape index (κ1) is 31.7. The highest BCUT2D eigenvalue weighted by molar-refractivity contribution is 6.31. The minimum atomic E-state index is -1.32. The molecular weight excluding hydrogens is 564 g/mol. The summed E-state index contributed by atoms with van der Waals surface area (Å²) in [6.45, 7) is 6.72. The first-order valence-corrected chi connectivity index (χ1v) is 15.3. The van der Waals surface area contributed by atoms with Crippen LogP contribution in [0.1, 0.15) is 76.3 Å². The van der Waals surface area contributed by atoms with Crippen molar-refractivity contribution in [2.75, 3.05) is 18.9 Å². The molecule has 2 aromatic rings. The molecule has 41 heavy (non-hydrogen) atoms. The van der Waals surface area contributed by atoms with Crippen LogP contribution >= 0.6 is 23.2 Å². The fraction of sp³-hybridized carbons (Fsp3) is 0.562. The van der Waals surface area contributed by atoms with Crippen LogP contribution in [0.2, 0.25) is 10.0 Å². The molecule has 9 heteroatoms. The lowest BCUT2D eigenvalue weighted by Crippen LogP contribution is -2.47. The summed E-state index contributed by atoms with van der Waals surface area (Å²) in [6, 6.07) is 8.75. The molecule has 0 bridgehead atoms. The smallest absolute Gasteiger partial charge is 0.237 e. The van der Waals surface area contributed by atoms with Gasteiger partial charge in [0.1, 0.15) is 12.1 Å². The Morgan fingerprint density at radius 2 is 1.98 bits per heavy atom. The van der Waals surface area contributed by atoms with Gasteiger partial charge in [0, 0.05) is 36.3 Å². The van der Waals surface area contributed by atoms with Crippen molar-refractivity contribution in [1.29, 1.82) is 0 Å². The Kier molecular flexibility index (Phi) is 10.1. The summed E-state index contributed by atoms with van der Waals surface area (Å²) >= 11 is 12.6. The summed E-state index contributed by atoms with van der Waals surface area (Å²) in [5.41, 5.74) is 0.150. The second-order valence-electron chi connectivity index (χ2n) is 12.9. The molecule has 2 fully saturated rings. The van der Waals surface area contributed by atoms with Gasteiger partial charge in [-0.15, -0.1) is 0 Å². The summed E-state index contributed by atoms with van der Waals surface area (Å²) in [5, 5.41) is 20.0. The van der Waals surface area contributed by atoms with Gasteiger partial charge >= 0.3 is 0 Å². The van der Waals surface area contributed by atoms with E-state index in [1.165, 1.54) is 12.1 Å². The molecule has 4 N–H and O–H groups in total. The molecule has 1 amide bonds. The molecule has 0 aromatic heterocycles. The van der Waals surface area contributed by atoms with E-state index in [1.54, 1.807) is 25.2 Å². The molecule has 6 atom stereocenters. The molecule has 0 radical (unpaired) electrons. The van der Waals surface area contributed by atoms with Crippen molar-refractivity contribution < 1.29 is 19.1 Å². The third kappa shape index (κ3) is 6.90. The molecule has 1 aliphatic heterocycles. The van der Waals surface area contributed by atoms with Gasteiger partial charge in [-0.1, -0.05) is 56.1 Å². The maximum Gasteiger partial charge on any atom is 0.237 e. The summed E-state index contributed by atoms with van der Waals surface area (Å²) in [5.74, 6) is -1.05. The lowest BCUT2D eigenvalue weighted by Gasteiger charge is -2.39. The molecular formula is C32H42Cl2FN3O3. The van der Waals surface area contributed by atoms with E-state index in [2.05, 4.69) is 36.7 Å². The molecule has 0 unspecified atom stereocenters. The Bertz CT molecular complexity index is 1250. The minimum absolute atomic E-state index is 0.0548. The van der Waals surface area contributed by atoms with Crippen LogP contribution in [-0.4, -0.2) is 49.1 Å². The van der Waals surface area contributed by atoms with Crippen molar-refractivity contribution in [2.24, 2.45) is 11.3 Å². The van der Waals surface area contributed by atoms with E-state index in [1.807, 2.05) is 6.07 Å². The number of hydrogen-bond donors (Lipinski definition) is 4. The third-order valence-electron chi connectivity index (χ3n) is 8.71. The van der Waals surface area contributed by atoms with Crippen LogP contribution in [0.3, 0.4) is 0 Å². The predicted molar refractivity (Wildman–Crippen MR) is 163 cm³/mol. The maximum atomic E-state index is 15.1. The number of benzene rings is 2. The zero-order valence-corrected chi connectivity index (χ0v) is 25.8. The topological polar surface area (TPSA) is 90.5 Å². The van der Waals surface area contributed by atoms with E-state index in [0.29, 0.717) is 40.7 Å². The Hall–Kier alpha value is -2.19. The van der Waals surface area contributed by atoms with Gasteiger partial charge in [0.25, 0.3) is 0 Å². The summed E-state index contributed by atoms with van der Waals surface area (Å²) in [7, 11) is 1.70. The molecule has 4 rings (SSSR count). The van der Waals surface area contributed by atoms with Gasteiger partial charge in [-0.3, -0.25) is 4.79 Å². The van der Waals surface area contributed by atoms with E-state index >= 15 is 4.39 Å². The van der Waals surface area contributed by atoms with Crippen LogP contribution in [0.5, 0.6) is 0 Å². The van der Waals surface area contributed by atoms with Gasteiger partial charge in [0.2, 0.25) is 5.91 Å². The molecule has 224 valence electrons. The molecule has 1 aliphatic carbocycles. The zero-order valence-electron chi connectivity index (χ0n) is 24.3. The van der Waals surface area contributed by atoms with Crippen LogP contribution in [-0.2, 0) is 15.0 Å². The molecule has 1 saturated heterocycles. The number of aliphatic hydroxyl groups excluding tert-OH is 1. The molecule has 2 aliphatic rings. The molecule has 6 nitrogen and oxygen atoms in total. The lowest BCUT2D eigenvalue weighted by molar-refractivity contribution is -0.123. The fourth-order valence-electron chi connectivity index (χ4n) is 6.89. The van der Waals surface area contributed by atoms with Gasteiger partial charge in [-0.05, 0) is 85.3 Å². The van der Waals surface area contributed by atoms with Gasteiger partial charge in [-0.25, -0.2) is 4.39 Å². The standard InChI is InChI=1S/C32H42Cl2FN3O3/c1-31(2,3)17-27-32(18-39,23-15-25(35)24(34)16-26(23)36-4)28(20-8-5-9-21(33)14-20)29(38-27)30(41)37-12-6-7-19-10-11-22(40)13-19/h5,8-9,14-16,18-19,22,27-29,36,38,40H,6-7,10-13,17H2,1-4H3,(H,37,41)/t19-,22-,27+,28-,29+,32+/m0/s1. The zero-order chi connectivity index (χ0) is 29.9. The lowest BCUT2D eigenvalue weighted by atomic mass is 9.62. The number of halogens is 3. The molecule has 0 spiro atoms. The van der Waals surface area contributed by atoms with Crippen molar-refractivity contribution in [2.45, 2.75) is 88.8 Å². The number of aldehydes is 1. The Morgan fingerprint density at radius 3 is 2.59 bits per heavy atom. The highest BCUT2D eigenvalue weighted by Gasteiger charge is 2.60. The highest BCUT2D eigenvalue weighted by Crippen LogP contribution is 2.52. The predicted octanol–water partition coefficient (Wildman–Crippen LogP) is 6.23. The van der Waals surface area contributed by atoms with E-state index in [0.717, 1.165) is 38.4 Å². The van der Waals surface area contributed by atoms with Gasteiger partial charge in [0.05, 0.1) is 22.6 Å². The number of carbonyl (C=O) groups is 2. The first-order chi connectivity index (χ1) is 19.4. The quantitative estimate of drug-likeness (QED) is 0.190. The maximum absolute atomic E-state index is 15.1. The Labute approximate surface area is 252 Å². The Morgan fingerprint density at radius 1 is 1.22 bits per heavy atom. The van der Waals surface area contributed by atoms with Gasteiger partial charge < -0.3 is 25.9 Å². The second kappa shape index (κ2) is 13.0.